The number of hydrogen-bond acceptors (Lipinski definition) is 8. The maximum absolute atomic E-state index is 12.4. The van der Waals surface area contributed by atoms with Gasteiger partial charge >= 0.3 is 6.03 Å². The number of aromatic nitrogens is 2. The van der Waals surface area contributed by atoms with Gasteiger partial charge in [-0.2, -0.15) is 5.26 Å². The molecule has 0 spiro atoms. The summed E-state index contributed by atoms with van der Waals surface area (Å²) in [5.74, 6) is 0.853. The highest BCUT2D eigenvalue weighted by atomic mass is 16.5. The number of nitriles is 1. The molecular weight excluding hydrogens is 434 g/mol. The van der Waals surface area contributed by atoms with Crippen molar-refractivity contribution in [3.63, 3.8) is 0 Å². The lowest BCUT2D eigenvalue weighted by Crippen LogP contribution is -2.44. The smallest absolute Gasteiger partial charge is 0.324 e. The van der Waals surface area contributed by atoms with Crippen LogP contribution in [0.2, 0.25) is 0 Å². The van der Waals surface area contributed by atoms with Crippen molar-refractivity contribution >= 4 is 17.5 Å². The van der Waals surface area contributed by atoms with Crippen molar-refractivity contribution in [3.05, 3.63) is 41.9 Å². The zero-order valence-corrected chi connectivity index (χ0v) is 20.0. The molecule has 1 saturated heterocycles. The Balaban J connectivity index is 1.54. The second-order valence-corrected chi connectivity index (χ2v) is 8.49. The maximum Gasteiger partial charge on any atom is 0.324 e. The first-order valence-corrected chi connectivity index (χ1v) is 11.6. The molecule has 1 fully saturated rings. The zero-order valence-electron chi connectivity index (χ0n) is 20.0. The van der Waals surface area contributed by atoms with Crippen LogP contribution in [-0.4, -0.2) is 72.4 Å². The van der Waals surface area contributed by atoms with Gasteiger partial charge in [-0.3, -0.25) is 10.2 Å². The molecule has 3 N–H and O–H groups in total. The van der Waals surface area contributed by atoms with Crippen molar-refractivity contribution in [3.8, 4) is 11.8 Å². The van der Waals surface area contributed by atoms with Crippen molar-refractivity contribution < 1.29 is 14.3 Å². The molecule has 0 saturated carbocycles. The molecule has 1 aliphatic rings. The summed E-state index contributed by atoms with van der Waals surface area (Å²) in [5, 5.41) is 17.8. The van der Waals surface area contributed by atoms with Gasteiger partial charge in [0, 0.05) is 25.7 Å². The summed E-state index contributed by atoms with van der Waals surface area (Å²) in [6.45, 7) is 11.5. The molecule has 182 valence electrons. The lowest BCUT2D eigenvalue weighted by molar-refractivity contribution is 0.0344. The highest BCUT2D eigenvalue weighted by Crippen LogP contribution is 2.27. The fourth-order valence-corrected chi connectivity index (χ4v) is 3.60. The number of ether oxygens (including phenoxy) is 2. The summed E-state index contributed by atoms with van der Waals surface area (Å²) in [4.78, 5) is 22.7. The summed E-state index contributed by atoms with van der Waals surface area (Å²) >= 11 is 0. The summed E-state index contributed by atoms with van der Waals surface area (Å²) in [6.07, 6.45) is 3.43. The van der Waals surface area contributed by atoms with E-state index in [1.54, 1.807) is 0 Å². The van der Waals surface area contributed by atoms with Crippen molar-refractivity contribution in [1.29, 1.82) is 5.26 Å². The largest absolute Gasteiger partial charge is 0.489 e. The number of morpholine rings is 1. The fourth-order valence-electron chi connectivity index (χ4n) is 3.60. The van der Waals surface area contributed by atoms with Gasteiger partial charge in [0.25, 0.3) is 0 Å². The third-order valence-corrected chi connectivity index (χ3v) is 5.21. The molecule has 34 heavy (non-hydrogen) atoms. The second-order valence-electron chi connectivity index (χ2n) is 8.49. The number of benzene rings is 1. The number of amides is 2. The van der Waals surface area contributed by atoms with E-state index in [0.717, 1.165) is 51.4 Å². The van der Waals surface area contributed by atoms with Crippen LogP contribution >= 0.6 is 0 Å². The molecule has 1 unspecified atom stereocenters. The van der Waals surface area contributed by atoms with Crippen LogP contribution in [0.15, 0.2) is 30.6 Å². The molecular formula is C24H33N7O3. The molecule has 3 rings (SSSR count). The average molecular weight is 468 g/mol. The van der Waals surface area contributed by atoms with Gasteiger partial charge in [-0.05, 0) is 51.4 Å². The minimum Gasteiger partial charge on any atom is -0.489 e. The van der Waals surface area contributed by atoms with E-state index in [1.165, 1.54) is 12.4 Å². The topological polar surface area (TPSA) is 124 Å². The Labute approximate surface area is 200 Å². The number of carbonyl (C=O) groups is 1. The Morgan fingerprint density at radius 2 is 2.00 bits per heavy atom. The SMILES string of the molecule is CC(CN1CCOCC1)NCCc1ccc(NC(=O)Nc2cnc(C#N)cn2)c(OC(C)C)c1. The Bertz CT molecular complexity index is 970. The lowest BCUT2D eigenvalue weighted by atomic mass is 10.1. The molecule has 1 atom stereocenters. The average Bonchev–Trinajstić information content (AvgIpc) is 2.81. The number of anilines is 2. The van der Waals surface area contributed by atoms with Gasteiger partial charge in [0.15, 0.2) is 11.5 Å². The highest BCUT2D eigenvalue weighted by Gasteiger charge is 2.14. The van der Waals surface area contributed by atoms with E-state index in [9.17, 15) is 4.79 Å². The van der Waals surface area contributed by atoms with Crippen molar-refractivity contribution in [2.45, 2.75) is 39.3 Å². The molecule has 10 heteroatoms. The van der Waals surface area contributed by atoms with E-state index in [0.29, 0.717) is 17.5 Å². The molecule has 2 amide bonds. The molecule has 1 aromatic carbocycles. The molecule has 0 radical (unpaired) electrons. The molecule has 2 heterocycles. The molecule has 0 bridgehead atoms. The van der Waals surface area contributed by atoms with Gasteiger partial charge in [-0.1, -0.05) is 6.07 Å². The van der Waals surface area contributed by atoms with Crippen molar-refractivity contribution in [1.82, 2.24) is 20.2 Å². The number of rotatable bonds is 10. The van der Waals surface area contributed by atoms with E-state index in [2.05, 4.69) is 37.7 Å². The Morgan fingerprint density at radius 3 is 2.68 bits per heavy atom. The monoisotopic (exact) mass is 467 g/mol. The Hall–Kier alpha value is -3.26. The van der Waals surface area contributed by atoms with Crippen molar-refractivity contribution in [2.24, 2.45) is 0 Å². The fraction of sp³-hybridized carbons (Fsp3) is 0.500. The van der Waals surface area contributed by atoms with Gasteiger partial charge in [0.1, 0.15) is 11.8 Å². The standard InChI is InChI=1S/C24H33N7O3/c1-17(2)34-22-12-19(6-7-26-18(3)16-31-8-10-33-11-9-31)4-5-21(22)29-24(32)30-23-15-27-20(13-25)14-28-23/h4-5,12,14-15,17-18,26H,6-11,16H2,1-3H3,(H2,28,29,30,32). The van der Waals surface area contributed by atoms with Gasteiger partial charge in [0.05, 0.1) is 37.4 Å². The van der Waals surface area contributed by atoms with E-state index in [4.69, 9.17) is 14.7 Å². The van der Waals surface area contributed by atoms with E-state index in [1.807, 2.05) is 38.1 Å². The molecule has 1 aromatic heterocycles. The van der Waals surface area contributed by atoms with Gasteiger partial charge in [0.2, 0.25) is 0 Å². The van der Waals surface area contributed by atoms with Crippen LogP contribution in [-0.2, 0) is 11.2 Å². The summed E-state index contributed by atoms with van der Waals surface area (Å²) in [5.41, 5.74) is 1.86. The highest BCUT2D eigenvalue weighted by molar-refractivity contribution is 6.00. The number of nitrogens with one attached hydrogen (secondary N) is 3. The first-order valence-electron chi connectivity index (χ1n) is 11.6. The summed E-state index contributed by atoms with van der Waals surface area (Å²) in [6, 6.07) is 7.59. The number of nitrogens with zero attached hydrogens (tertiary/aromatic N) is 4. The minimum absolute atomic E-state index is 0.0464. The predicted molar refractivity (Wildman–Crippen MR) is 130 cm³/mol. The van der Waals surface area contributed by atoms with Gasteiger partial charge < -0.3 is 20.1 Å². The normalized spacial score (nSPS) is 14.9. The van der Waals surface area contributed by atoms with E-state index < -0.39 is 6.03 Å². The van der Waals surface area contributed by atoms with Crippen LogP contribution in [0.1, 0.15) is 32.0 Å². The third-order valence-electron chi connectivity index (χ3n) is 5.21. The zero-order chi connectivity index (χ0) is 24.3. The number of carbonyl (C=O) groups excluding carboxylic acids is 1. The number of urea groups is 1. The van der Waals surface area contributed by atoms with E-state index in [-0.39, 0.29) is 17.6 Å². The number of hydrogen-bond donors (Lipinski definition) is 3. The molecule has 0 aliphatic carbocycles. The predicted octanol–water partition coefficient (Wildman–Crippen LogP) is 2.63. The summed E-state index contributed by atoms with van der Waals surface area (Å²) < 4.78 is 11.4. The van der Waals surface area contributed by atoms with Crippen LogP contribution in [0, 0.1) is 11.3 Å². The third kappa shape index (κ3) is 8.26. The van der Waals surface area contributed by atoms with Crippen LogP contribution in [0.25, 0.3) is 0 Å². The summed E-state index contributed by atoms with van der Waals surface area (Å²) in [7, 11) is 0. The molecule has 2 aromatic rings. The van der Waals surface area contributed by atoms with Crippen LogP contribution in [0.3, 0.4) is 0 Å². The molecule has 1 aliphatic heterocycles. The Kier molecular flexibility index (Phi) is 9.58. The van der Waals surface area contributed by atoms with Crippen molar-refractivity contribution in [2.75, 3.05) is 50.0 Å². The second kappa shape index (κ2) is 12.8. The van der Waals surface area contributed by atoms with Crippen LogP contribution < -0.4 is 20.7 Å². The Morgan fingerprint density at radius 1 is 1.21 bits per heavy atom. The van der Waals surface area contributed by atoms with Crippen LogP contribution in [0.5, 0.6) is 5.75 Å². The lowest BCUT2D eigenvalue weighted by Gasteiger charge is -2.29. The van der Waals surface area contributed by atoms with Gasteiger partial charge in [-0.15, -0.1) is 0 Å². The quantitative estimate of drug-likeness (QED) is 0.487. The first-order chi connectivity index (χ1) is 16.4. The van der Waals surface area contributed by atoms with Gasteiger partial charge in [-0.25, -0.2) is 14.8 Å². The minimum atomic E-state index is -0.473. The van der Waals surface area contributed by atoms with E-state index >= 15 is 0 Å². The maximum atomic E-state index is 12.4. The molecule has 10 nitrogen and oxygen atoms in total. The first kappa shape index (κ1) is 25.4. The van der Waals surface area contributed by atoms with Crippen LogP contribution in [0.4, 0.5) is 16.3 Å².